The smallest absolute Gasteiger partial charge is 0.284 e. The van der Waals surface area contributed by atoms with Gasteiger partial charge in [-0.05, 0) is 12.8 Å². The largest absolute Gasteiger partial charge is 0.384 e. The number of aliphatic hydroxyl groups excluding tert-OH is 2. The van der Waals surface area contributed by atoms with Crippen LogP contribution in [0.2, 0.25) is 0 Å². The molecule has 4 heteroatoms. The zero-order chi connectivity index (χ0) is 12.5. The molecule has 0 saturated carbocycles. The molecule has 0 aromatic carbocycles. The van der Waals surface area contributed by atoms with Crippen molar-refractivity contribution in [1.29, 1.82) is 0 Å². The lowest BCUT2D eigenvalue weighted by atomic mass is 10.1. The van der Waals surface area contributed by atoms with Crippen LogP contribution in [0.15, 0.2) is 12.4 Å². The fourth-order valence-corrected chi connectivity index (χ4v) is 2.07. The van der Waals surface area contributed by atoms with Gasteiger partial charge in [0, 0.05) is 0 Å². The van der Waals surface area contributed by atoms with Crippen molar-refractivity contribution in [3.8, 4) is 0 Å². The molecule has 0 radical (unpaired) electrons. The number of unbranched alkanes of at least 4 members (excludes halogenated alkanes) is 5. The summed E-state index contributed by atoms with van der Waals surface area (Å²) in [4.78, 5) is 0. The molecule has 1 rings (SSSR count). The van der Waals surface area contributed by atoms with E-state index < -0.39 is 0 Å². The van der Waals surface area contributed by atoms with E-state index in [2.05, 4.69) is 6.92 Å². The van der Waals surface area contributed by atoms with Crippen LogP contribution in [0.4, 0.5) is 0 Å². The average Bonchev–Trinajstić information content (AvgIpc) is 2.75. The van der Waals surface area contributed by atoms with Gasteiger partial charge in [0.2, 0.25) is 0 Å². The van der Waals surface area contributed by atoms with E-state index >= 15 is 0 Å². The fourth-order valence-electron chi connectivity index (χ4n) is 2.07. The minimum absolute atomic E-state index is 0.0244. The second-order valence-corrected chi connectivity index (χ2v) is 4.44. The van der Waals surface area contributed by atoms with Crippen molar-refractivity contribution >= 4 is 0 Å². The highest BCUT2D eigenvalue weighted by Crippen LogP contribution is 2.05. The maximum absolute atomic E-state index is 9.24. The SMILES string of the molecule is CCCCCCCC[n+]1ccn(CO)c1CO. The molecule has 1 aromatic rings. The van der Waals surface area contributed by atoms with Crippen LogP contribution >= 0.6 is 0 Å². The number of imidazole rings is 1. The maximum atomic E-state index is 9.24. The van der Waals surface area contributed by atoms with E-state index in [1.165, 1.54) is 32.1 Å². The maximum Gasteiger partial charge on any atom is 0.284 e. The Bertz CT molecular complexity index is 310. The first-order valence-electron chi connectivity index (χ1n) is 6.62. The predicted molar refractivity (Wildman–Crippen MR) is 66.1 cm³/mol. The van der Waals surface area contributed by atoms with Crippen molar-refractivity contribution in [3.63, 3.8) is 0 Å². The van der Waals surface area contributed by atoms with Gasteiger partial charge in [-0.2, -0.15) is 0 Å². The quantitative estimate of drug-likeness (QED) is 0.509. The van der Waals surface area contributed by atoms with E-state index in [0.717, 1.165) is 18.8 Å². The van der Waals surface area contributed by atoms with Gasteiger partial charge in [0.05, 0.1) is 6.54 Å². The van der Waals surface area contributed by atoms with Gasteiger partial charge >= 0.3 is 0 Å². The Balaban J connectivity index is 2.29. The summed E-state index contributed by atoms with van der Waals surface area (Å²) in [6, 6.07) is 0. The highest BCUT2D eigenvalue weighted by molar-refractivity contribution is 4.79. The Morgan fingerprint density at radius 3 is 2.47 bits per heavy atom. The molecule has 0 atom stereocenters. The molecule has 0 aliphatic heterocycles. The van der Waals surface area contributed by atoms with Crippen molar-refractivity contribution in [3.05, 3.63) is 18.2 Å². The van der Waals surface area contributed by atoms with Crippen molar-refractivity contribution in [2.75, 3.05) is 0 Å². The van der Waals surface area contributed by atoms with Crippen LogP contribution in [0.1, 0.15) is 51.3 Å². The van der Waals surface area contributed by atoms with E-state index in [0.29, 0.717) is 0 Å². The van der Waals surface area contributed by atoms with Crippen LogP contribution in [0, 0.1) is 0 Å². The number of nitrogens with zero attached hydrogens (tertiary/aromatic N) is 2. The predicted octanol–water partition coefficient (Wildman–Crippen LogP) is 1.58. The topological polar surface area (TPSA) is 49.3 Å². The zero-order valence-corrected chi connectivity index (χ0v) is 10.8. The van der Waals surface area contributed by atoms with Gasteiger partial charge in [0.1, 0.15) is 19.0 Å². The first-order valence-corrected chi connectivity index (χ1v) is 6.62. The number of aromatic nitrogens is 2. The van der Waals surface area contributed by atoms with Gasteiger partial charge in [-0.15, -0.1) is 0 Å². The summed E-state index contributed by atoms with van der Waals surface area (Å²) < 4.78 is 3.69. The van der Waals surface area contributed by atoms with E-state index in [-0.39, 0.29) is 13.3 Å². The van der Waals surface area contributed by atoms with Crippen LogP contribution < -0.4 is 4.57 Å². The molecule has 0 aliphatic carbocycles. The molecule has 4 nitrogen and oxygen atoms in total. The third-order valence-corrected chi connectivity index (χ3v) is 3.14. The second kappa shape index (κ2) is 8.25. The van der Waals surface area contributed by atoms with Gasteiger partial charge in [0.25, 0.3) is 5.82 Å². The molecule has 17 heavy (non-hydrogen) atoms. The standard InChI is InChI=1S/C13H25N2O2/c1-2-3-4-5-6-7-8-14-9-10-15(12-17)13(14)11-16/h9-10,16-17H,2-8,11-12H2,1H3/q+1. The van der Waals surface area contributed by atoms with E-state index in [9.17, 15) is 5.11 Å². The van der Waals surface area contributed by atoms with Crippen LogP contribution in [0.5, 0.6) is 0 Å². The second-order valence-electron chi connectivity index (χ2n) is 4.44. The van der Waals surface area contributed by atoms with Crippen LogP contribution in [0.3, 0.4) is 0 Å². The lowest BCUT2D eigenvalue weighted by Gasteiger charge is -2.02. The molecule has 1 aromatic heterocycles. The number of rotatable bonds is 9. The molecule has 0 spiro atoms. The number of hydrogen-bond acceptors (Lipinski definition) is 2. The molecule has 0 fully saturated rings. The first kappa shape index (κ1) is 14.2. The van der Waals surface area contributed by atoms with Gasteiger partial charge in [-0.25, -0.2) is 9.13 Å². The molecule has 0 unspecified atom stereocenters. The average molecular weight is 241 g/mol. The monoisotopic (exact) mass is 241 g/mol. The van der Waals surface area contributed by atoms with Gasteiger partial charge in [-0.1, -0.05) is 32.6 Å². The van der Waals surface area contributed by atoms with E-state index in [1.807, 2.05) is 17.0 Å². The molecule has 0 aliphatic rings. The molecule has 0 bridgehead atoms. The highest BCUT2D eigenvalue weighted by atomic mass is 16.3. The molecular weight excluding hydrogens is 216 g/mol. The van der Waals surface area contributed by atoms with Crippen molar-refractivity contribution in [2.24, 2.45) is 0 Å². The first-order chi connectivity index (χ1) is 8.33. The fraction of sp³-hybridized carbons (Fsp3) is 0.769. The summed E-state index contributed by atoms with van der Waals surface area (Å²) in [6.45, 7) is 3.05. The van der Waals surface area contributed by atoms with Crippen LogP contribution in [-0.4, -0.2) is 14.8 Å². The Labute approximate surface area is 104 Å². The van der Waals surface area contributed by atoms with Crippen molar-refractivity contribution in [1.82, 2.24) is 4.57 Å². The number of aliphatic hydroxyl groups is 2. The molecule has 0 saturated heterocycles. The summed E-state index contributed by atoms with van der Waals surface area (Å²) in [7, 11) is 0. The highest BCUT2D eigenvalue weighted by Gasteiger charge is 2.14. The lowest BCUT2D eigenvalue weighted by molar-refractivity contribution is -0.706. The van der Waals surface area contributed by atoms with E-state index in [4.69, 9.17) is 5.11 Å². The van der Waals surface area contributed by atoms with Crippen LogP contribution in [0.25, 0.3) is 0 Å². The summed E-state index contributed by atoms with van der Waals surface area (Å²) in [5.74, 6) is 0.779. The van der Waals surface area contributed by atoms with Gasteiger partial charge < -0.3 is 10.2 Å². The van der Waals surface area contributed by atoms with Gasteiger partial charge in [0.15, 0.2) is 6.73 Å². The summed E-state index contributed by atoms with van der Waals surface area (Å²) in [5, 5.41) is 18.3. The Hall–Kier alpha value is -0.870. The summed E-state index contributed by atoms with van der Waals surface area (Å²) in [6.07, 6.45) is 11.3. The Morgan fingerprint density at radius 1 is 1.12 bits per heavy atom. The molecular formula is C13H25N2O2+. The van der Waals surface area contributed by atoms with E-state index in [1.54, 1.807) is 4.57 Å². The molecule has 98 valence electrons. The molecule has 2 N–H and O–H groups in total. The summed E-state index contributed by atoms with van der Waals surface area (Å²) in [5.41, 5.74) is 0. The van der Waals surface area contributed by atoms with Crippen molar-refractivity contribution < 1.29 is 14.8 Å². The number of aryl methyl sites for hydroxylation is 1. The summed E-state index contributed by atoms with van der Waals surface area (Å²) >= 11 is 0. The number of hydrogen-bond donors (Lipinski definition) is 2. The normalized spacial score (nSPS) is 11.0. The third-order valence-electron chi connectivity index (χ3n) is 3.14. The van der Waals surface area contributed by atoms with Crippen molar-refractivity contribution in [2.45, 2.75) is 65.3 Å². The zero-order valence-electron chi connectivity index (χ0n) is 10.8. The minimum Gasteiger partial charge on any atom is -0.384 e. The Morgan fingerprint density at radius 2 is 1.82 bits per heavy atom. The molecule has 0 amide bonds. The lowest BCUT2D eigenvalue weighted by Crippen LogP contribution is -2.37. The van der Waals surface area contributed by atoms with Crippen LogP contribution in [-0.2, 0) is 19.9 Å². The third kappa shape index (κ3) is 4.48. The Kier molecular flexibility index (Phi) is 6.89. The van der Waals surface area contributed by atoms with Gasteiger partial charge in [-0.3, -0.25) is 0 Å². The molecule has 1 heterocycles. The minimum atomic E-state index is -0.0700.